The van der Waals surface area contributed by atoms with Crippen molar-refractivity contribution in [2.75, 3.05) is 54.3 Å². The zero-order valence-corrected chi connectivity index (χ0v) is 20.8. The molecule has 0 amide bonds. The van der Waals surface area contributed by atoms with Crippen molar-refractivity contribution in [2.24, 2.45) is 5.92 Å². The molecule has 2 atom stereocenters. The molecule has 0 aliphatic rings. The molecule has 2 unspecified atom stereocenters. The summed E-state index contributed by atoms with van der Waals surface area (Å²) in [4.78, 5) is 0. The molecule has 10 heteroatoms. The standard InChI is InChI=1S/C18H31ClNO7P.C2H6/c1-6-25-13-14(2)12-20-28(21,24-5)27-10-9-26-15-7-8-16(17(19)11-15)18(22-3)23-4;1-2/h7-8,11,14,18H,6,9-10,12-13H2,1-5H3,(H,20,21);1-2H3. The molecule has 0 spiro atoms. The van der Waals surface area contributed by atoms with Crippen LogP contribution in [0.3, 0.4) is 0 Å². The fourth-order valence-electron chi connectivity index (χ4n) is 2.26. The number of nitrogens with one attached hydrogen (secondary N) is 1. The highest BCUT2D eigenvalue weighted by Gasteiger charge is 2.23. The third-order valence-electron chi connectivity index (χ3n) is 3.75. The SMILES string of the molecule is CC.CCOCC(C)CNP(=O)(OC)OCCOc1ccc(C(OC)OC)c(Cl)c1. The Labute approximate surface area is 186 Å². The first-order valence-corrected chi connectivity index (χ1v) is 11.9. The molecule has 0 heterocycles. The van der Waals surface area contributed by atoms with Crippen LogP contribution in [0.5, 0.6) is 5.75 Å². The molecular formula is C20H37ClNO7P. The van der Waals surface area contributed by atoms with Crippen LogP contribution in [-0.2, 0) is 27.8 Å². The lowest BCUT2D eigenvalue weighted by atomic mass is 10.2. The van der Waals surface area contributed by atoms with Crippen molar-refractivity contribution in [1.29, 1.82) is 0 Å². The van der Waals surface area contributed by atoms with Gasteiger partial charge in [0.2, 0.25) is 0 Å². The minimum atomic E-state index is -3.39. The molecule has 0 aliphatic carbocycles. The Morgan fingerprint density at radius 1 is 1.13 bits per heavy atom. The van der Waals surface area contributed by atoms with Crippen LogP contribution in [0.4, 0.5) is 0 Å². The van der Waals surface area contributed by atoms with Crippen molar-refractivity contribution in [2.45, 2.75) is 34.0 Å². The van der Waals surface area contributed by atoms with E-state index < -0.39 is 14.0 Å². The van der Waals surface area contributed by atoms with Crippen molar-refractivity contribution in [3.05, 3.63) is 28.8 Å². The fourth-order valence-corrected chi connectivity index (χ4v) is 3.70. The van der Waals surface area contributed by atoms with Gasteiger partial charge in [0.15, 0.2) is 6.29 Å². The number of ether oxygens (including phenoxy) is 4. The van der Waals surface area contributed by atoms with Crippen LogP contribution in [0.1, 0.15) is 39.5 Å². The largest absolute Gasteiger partial charge is 0.491 e. The molecule has 0 aliphatic heterocycles. The first-order chi connectivity index (χ1) is 14.4. The Kier molecular flexibility index (Phi) is 16.5. The number of methoxy groups -OCH3 is 2. The number of halogens is 1. The van der Waals surface area contributed by atoms with E-state index in [0.29, 0.717) is 36.1 Å². The molecule has 30 heavy (non-hydrogen) atoms. The average Bonchev–Trinajstić information content (AvgIpc) is 2.77. The zero-order chi connectivity index (χ0) is 23.0. The highest BCUT2D eigenvalue weighted by molar-refractivity contribution is 7.51. The van der Waals surface area contributed by atoms with E-state index in [1.54, 1.807) is 18.2 Å². The molecular weight excluding hydrogens is 433 g/mol. The van der Waals surface area contributed by atoms with Crippen LogP contribution >= 0.6 is 19.3 Å². The summed E-state index contributed by atoms with van der Waals surface area (Å²) in [6, 6.07) is 5.17. The van der Waals surface area contributed by atoms with Crippen LogP contribution in [0, 0.1) is 5.92 Å². The summed E-state index contributed by atoms with van der Waals surface area (Å²) in [6.45, 7) is 9.83. The number of rotatable bonds is 15. The maximum absolute atomic E-state index is 12.5. The quantitative estimate of drug-likeness (QED) is 0.216. The Morgan fingerprint density at radius 2 is 1.80 bits per heavy atom. The Hall–Kier alpha value is -0.700. The normalized spacial score (nSPS) is 14.0. The van der Waals surface area contributed by atoms with Gasteiger partial charge in [-0.2, -0.15) is 0 Å². The minimum absolute atomic E-state index is 0.0795. The second kappa shape index (κ2) is 16.9. The maximum Gasteiger partial charge on any atom is 0.405 e. The minimum Gasteiger partial charge on any atom is -0.491 e. The zero-order valence-electron chi connectivity index (χ0n) is 19.1. The molecule has 0 saturated carbocycles. The molecule has 0 aromatic heterocycles. The smallest absolute Gasteiger partial charge is 0.405 e. The van der Waals surface area contributed by atoms with Gasteiger partial charge in [-0.25, -0.2) is 9.65 Å². The molecule has 8 nitrogen and oxygen atoms in total. The van der Waals surface area contributed by atoms with Gasteiger partial charge in [-0.05, 0) is 31.0 Å². The van der Waals surface area contributed by atoms with Crippen molar-refractivity contribution < 1.29 is 32.6 Å². The molecule has 0 saturated heterocycles. The molecule has 1 N–H and O–H groups in total. The number of benzene rings is 1. The van der Waals surface area contributed by atoms with E-state index >= 15 is 0 Å². The molecule has 0 radical (unpaired) electrons. The van der Waals surface area contributed by atoms with E-state index in [0.717, 1.165) is 0 Å². The van der Waals surface area contributed by atoms with Gasteiger partial charge >= 0.3 is 7.75 Å². The van der Waals surface area contributed by atoms with Gasteiger partial charge in [0, 0.05) is 40.0 Å². The van der Waals surface area contributed by atoms with Crippen LogP contribution in [-0.4, -0.2) is 54.3 Å². The van der Waals surface area contributed by atoms with Crippen molar-refractivity contribution in [1.82, 2.24) is 5.09 Å². The van der Waals surface area contributed by atoms with Crippen molar-refractivity contribution >= 4 is 19.3 Å². The maximum atomic E-state index is 12.5. The molecule has 1 aromatic carbocycles. The van der Waals surface area contributed by atoms with Crippen LogP contribution in [0.15, 0.2) is 18.2 Å². The third kappa shape index (κ3) is 11.1. The Morgan fingerprint density at radius 3 is 2.33 bits per heavy atom. The van der Waals surface area contributed by atoms with Crippen molar-refractivity contribution in [3.8, 4) is 5.75 Å². The monoisotopic (exact) mass is 469 g/mol. The van der Waals surface area contributed by atoms with E-state index in [4.69, 9.17) is 39.6 Å². The van der Waals surface area contributed by atoms with Gasteiger partial charge in [-0.15, -0.1) is 0 Å². The van der Waals surface area contributed by atoms with E-state index in [9.17, 15) is 4.57 Å². The molecule has 0 fully saturated rings. The van der Waals surface area contributed by atoms with Crippen LogP contribution < -0.4 is 9.82 Å². The molecule has 1 rings (SSSR count). The third-order valence-corrected chi connectivity index (χ3v) is 5.65. The van der Waals surface area contributed by atoms with Gasteiger partial charge in [0.05, 0.1) is 18.2 Å². The average molecular weight is 470 g/mol. The molecule has 176 valence electrons. The summed E-state index contributed by atoms with van der Waals surface area (Å²) in [7, 11) is 1.01. The van der Waals surface area contributed by atoms with Gasteiger partial charge < -0.3 is 23.5 Å². The molecule has 0 bridgehead atoms. The van der Waals surface area contributed by atoms with Gasteiger partial charge in [-0.3, -0.25) is 4.52 Å². The number of hydrogen-bond donors (Lipinski definition) is 1. The highest BCUT2D eigenvalue weighted by atomic mass is 35.5. The van der Waals surface area contributed by atoms with E-state index in [2.05, 4.69) is 5.09 Å². The summed E-state index contributed by atoms with van der Waals surface area (Å²) >= 11 is 6.24. The van der Waals surface area contributed by atoms with Crippen LogP contribution in [0.2, 0.25) is 5.02 Å². The summed E-state index contributed by atoms with van der Waals surface area (Å²) in [5, 5.41) is 3.28. The topological polar surface area (TPSA) is 84.5 Å². The lowest BCUT2D eigenvalue weighted by Crippen LogP contribution is -2.24. The first-order valence-electron chi connectivity index (χ1n) is 10.00. The van der Waals surface area contributed by atoms with Gasteiger partial charge in [-0.1, -0.05) is 32.4 Å². The van der Waals surface area contributed by atoms with E-state index in [-0.39, 0.29) is 19.1 Å². The Balaban J connectivity index is 0.00000407. The number of hydrogen-bond acceptors (Lipinski definition) is 7. The van der Waals surface area contributed by atoms with E-state index in [1.807, 2.05) is 27.7 Å². The lowest BCUT2D eigenvalue weighted by molar-refractivity contribution is -0.105. The highest BCUT2D eigenvalue weighted by Crippen LogP contribution is 2.42. The van der Waals surface area contributed by atoms with Gasteiger partial charge in [0.25, 0.3) is 0 Å². The Bertz CT molecular complexity index is 617. The summed E-state index contributed by atoms with van der Waals surface area (Å²) in [6.07, 6.45) is -0.548. The lowest BCUT2D eigenvalue weighted by Gasteiger charge is -2.20. The summed E-state index contributed by atoms with van der Waals surface area (Å²) in [5.74, 6) is 0.723. The first kappa shape index (κ1) is 29.3. The second-order valence-corrected chi connectivity index (χ2v) is 8.32. The second-order valence-electron chi connectivity index (χ2n) is 5.98. The van der Waals surface area contributed by atoms with Crippen molar-refractivity contribution in [3.63, 3.8) is 0 Å². The van der Waals surface area contributed by atoms with E-state index in [1.165, 1.54) is 21.3 Å². The summed E-state index contributed by atoms with van der Waals surface area (Å²) < 4.78 is 44.2. The van der Waals surface area contributed by atoms with Gasteiger partial charge in [0.1, 0.15) is 12.4 Å². The molecule has 1 aromatic rings. The summed E-state index contributed by atoms with van der Waals surface area (Å²) in [5.41, 5.74) is 0.699. The predicted octanol–water partition coefficient (Wildman–Crippen LogP) is 5.07. The fraction of sp³-hybridized carbons (Fsp3) is 0.700. The predicted molar refractivity (Wildman–Crippen MR) is 119 cm³/mol. The van der Waals surface area contributed by atoms with Crippen LogP contribution in [0.25, 0.3) is 0 Å².